The zero-order valence-corrected chi connectivity index (χ0v) is 17.6. The van der Waals surface area contributed by atoms with Crippen molar-refractivity contribution in [2.24, 2.45) is 0 Å². The Morgan fingerprint density at radius 2 is 1.81 bits per heavy atom. The lowest BCUT2D eigenvalue weighted by atomic mass is 9.73. The number of nitrogens with one attached hydrogen (secondary N) is 1. The van der Waals surface area contributed by atoms with E-state index in [4.69, 9.17) is 9.26 Å². The van der Waals surface area contributed by atoms with Crippen molar-refractivity contribution in [2.75, 3.05) is 51.3 Å². The van der Waals surface area contributed by atoms with Gasteiger partial charge < -0.3 is 19.5 Å². The molecule has 0 spiro atoms. The number of hydrogen-bond donors (Lipinski definition) is 1. The fraction of sp³-hybridized carbons (Fsp3) is 0.500. The molecule has 166 valence electrons. The summed E-state index contributed by atoms with van der Waals surface area (Å²) in [6.07, 6.45) is 1.16. The van der Waals surface area contributed by atoms with Gasteiger partial charge in [0.1, 0.15) is 11.6 Å². The highest BCUT2D eigenvalue weighted by Gasteiger charge is 2.44. The van der Waals surface area contributed by atoms with Gasteiger partial charge in [0.25, 0.3) is 0 Å². The highest BCUT2D eigenvalue weighted by molar-refractivity contribution is 5.91. The summed E-state index contributed by atoms with van der Waals surface area (Å²) in [5, 5.41) is 6.48. The number of anilines is 1. The summed E-state index contributed by atoms with van der Waals surface area (Å²) in [5.74, 6) is 0.610. The van der Waals surface area contributed by atoms with Crippen LogP contribution in [0.5, 0.6) is 0 Å². The maximum absolute atomic E-state index is 13.6. The smallest absolute Gasteiger partial charge is 0.239 e. The van der Waals surface area contributed by atoms with E-state index >= 15 is 0 Å². The lowest BCUT2D eigenvalue weighted by Crippen LogP contribution is -2.56. The first-order chi connectivity index (χ1) is 15.0. The average Bonchev–Trinajstić information content (AvgIpc) is 3.19. The SMILES string of the molecule is Cc1cc(NC(=O)CN2CCN(C(=O)C3(c4ccc(F)cc4)CCOCC3)CC2)no1. The van der Waals surface area contributed by atoms with Crippen molar-refractivity contribution in [2.45, 2.75) is 25.2 Å². The first kappa shape index (κ1) is 21.5. The predicted molar refractivity (Wildman–Crippen MR) is 111 cm³/mol. The summed E-state index contributed by atoms with van der Waals surface area (Å²) in [7, 11) is 0. The van der Waals surface area contributed by atoms with Crippen LogP contribution in [-0.4, -0.2) is 72.7 Å². The van der Waals surface area contributed by atoms with E-state index in [2.05, 4.69) is 10.5 Å². The van der Waals surface area contributed by atoms with Crippen LogP contribution in [0.4, 0.5) is 10.2 Å². The van der Waals surface area contributed by atoms with Gasteiger partial charge in [-0.1, -0.05) is 17.3 Å². The molecular formula is C22H27FN4O4. The van der Waals surface area contributed by atoms with Crippen molar-refractivity contribution >= 4 is 17.6 Å². The van der Waals surface area contributed by atoms with E-state index in [-0.39, 0.29) is 24.2 Å². The number of carbonyl (C=O) groups excluding carboxylic acids is 2. The molecule has 8 nitrogen and oxygen atoms in total. The molecule has 1 N–H and O–H groups in total. The first-order valence-corrected chi connectivity index (χ1v) is 10.5. The van der Waals surface area contributed by atoms with Gasteiger partial charge in [-0.15, -0.1) is 0 Å². The summed E-state index contributed by atoms with van der Waals surface area (Å²) >= 11 is 0. The molecule has 3 heterocycles. The number of aromatic nitrogens is 1. The number of halogens is 1. The Morgan fingerprint density at radius 3 is 2.42 bits per heavy atom. The Hall–Kier alpha value is -2.78. The van der Waals surface area contributed by atoms with E-state index in [0.717, 1.165) is 5.56 Å². The van der Waals surface area contributed by atoms with Gasteiger partial charge in [-0.2, -0.15) is 0 Å². The topological polar surface area (TPSA) is 87.9 Å². The summed E-state index contributed by atoms with van der Waals surface area (Å²) in [6.45, 7) is 5.29. The van der Waals surface area contributed by atoms with E-state index in [0.29, 0.717) is 63.8 Å². The number of aryl methyl sites for hydroxylation is 1. The molecule has 0 bridgehead atoms. The molecule has 1 aromatic heterocycles. The third-order valence-corrected chi connectivity index (χ3v) is 6.07. The molecule has 31 heavy (non-hydrogen) atoms. The number of ether oxygens (including phenoxy) is 1. The molecule has 0 radical (unpaired) electrons. The third-order valence-electron chi connectivity index (χ3n) is 6.07. The zero-order chi connectivity index (χ0) is 21.8. The van der Waals surface area contributed by atoms with Crippen molar-refractivity contribution < 1.29 is 23.2 Å². The third kappa shape index (κ3) is 4.77. The highest BCUT2D eigenvalue weighted by Crippen LogP contribution is 2.37. The van der Waals surface area contributed by atoms with Gasteiger partial charge in [0.15, 0.2) is 5.82 Å². The second-order valence-electron chi connectivity index (χ2n) is 8.14. The van der Waals surface area contributed by atoms with E-state index < -0.39 is 5.41 Å². The number of rotatable bonds is 5. The average molecular weight is 430 g/mol. The van der Waals surface area contributed by atoms with Crippen molar-refractivity contribution in [3.63, 3.8) is 0 Å². The van der Waals surface area contributed by atoms with E-state index in [1.165, 1.54) is 12.1 Å². The monoisotopic (exact) mass is 430 g/mol. The van der Waals surface area contributed by atoms with Gasteiger partial charge in [0, 0.05) is 45.5 Å². The van der Waals surface area contributed by atoms with Crippen LogP contribution in [0.3, 0.4) is 0 Å². The normalized spacial score (nSPS) is 19.2. The van der Waals surface area contributed by atoms with Crippen molar-refractivity contribution in [1.29, 1.82) is 0 Å². The number of piperazine rings is 1. The zero-order valence-electron chi connectivity index (χ0n) is 17.6. The fourth-order valence-corrected chi connectivity index (χ4v) is 4.34. The van der Waals surface area contributed by atoms with Crippen LogP contribution < -0.4 is 5.32 Å². The van der Waals surface area contributed by atoms with Crippen LogP contribution in [0.15, 0.2) is 34.9 Å². The van der Waals surface area contributed by atoms with Gasteiger partial charge in [-0.05, 0) is 37.5 Å². The minimum atomic E-state index is -0.684. The molecule has 2 aliphatic rings. The fourth-order valence-electron chi connectivity index (χ4n) is 4.34. The highest BCUT2D eigenvalue weighted by atomic mass is 19.1. The molecule has 4 rings (SSSR count). The van der Waals surface area contributed by atoms with Crippen LogP contribution in [0.2, 0.25) is 0 Å². The maximum atomic E-state index is 13.6. The second kappa shape index (κ2) is 9.15. The molecule has 2 fully saturated rings. The Morgan fingerprint density at radius 1 is 1.13 bits per heavy atom. The van der Waals surface area contributed by atoms with Crippen LogP contribution in [0.25, 0.3) is 0 Å². The second-order valence-corrected chi connectivity index (χ2v) is 8.14. The Balaban J connectivity index is 1.37. The van der Waals surface area contributed by atoms with E-state index in [9.17, 15) is 14.0 Å². The number of hydrogen-bond acceptors (Lipinski definition) is 6. The minimum Gasteiger partial charge on any atom is -0.381 e. The van der Waals surface area contributed by atoms with Crippen LogP contribution in [0, 0.1) is 12.7 Å². The molecule has 0 atom stereocenters. The molecule has 2 saturated heterocycles. The van der Waals surface area contributed by atoms with E-state index in [1.54, 1.807) is 25.1 Å². The van der Waals surface area contributed by atoms with Gasteiger partial charge in [-0.3, -0.25) is 14.5 Å². The van der Waals surface area contributed by atoms with Crippen molar-refractivity contribution in [3.8, 4) is 0 Å². The van der Waals surface area contributed by atoms with Crippen molar-refractivity contribution in [3.05, 3.63) is 47.5 Å². The van der Waals surface area contributed by atoms with Crippen molar-refractivity contribution in [1.82, 2.24) is 15.0 Å². The lowest BCUT2D eigenvalue weighted by Gasteiger charge is -2.43. The number of nitrogens with zero attached hydrogens (tertiary/aromatic N) is 3. The summed E-state index contributed by atoms with van der Waals surface area (Å²) in [6, 6.07) is 7.91. The number of amides is 2. The molecule has 1 aromatic carbocycles. The summed E-state index contributed by atoms with van der Waals surface area (Å²) in [4.78, 5) is 29.7. The summed E-state index contributed by atoms with van der Waals surface area (Å²) < 4.78 is 23.9. The molecule has 0 unspecified atom stereocenters. The van der Waals surface area contributed by atoms with Crippen LogP contribution >= 0.6 is 0 Å². The molecule has 0 aliphatic carbocycles. The molecule has 0 saturated carbocycles. The Kier molecular flexibility index (Phi) is 6.33. The van der Waals surface area contributed by atoms with Gasteiger partial charge in [-0.25, -0.2) is 4.39 Å². The minimum absolute atomic E-state index is 0.0598. The largest absolute Gasteiger partial charge is 0.381 e. The summed E-state index contributed by atoms with van der Waals surface area (Å²) in [5.41, 5.74) is 0.156. The van der Waals surface area contributed by atoms with Gasteiger partial charge in [0.05, 0.1) is 12.0 Å². The van der Waals surface area contributed by atoms with Crippen LogP contribution in [-0.2, 0) is 19.7 Å². The first-order valence-electron chi connectivity index (χ1n) is 10.5. The molecule has 2 amide bonds. The van der Waals surface area contributed by atoms with E-state index in [1.807, 2.05) is 9.80 Å². The van der Waals surface area contributed by atoms with Crippen LogP contribution in [0.1, 0.15) is 24.2 Å². The number of benzene rings is 1. The Bertz CT molecular complexity index is 916. The Labute approximate surface area is 180 Å². The molecular weight excluding hydrogens is 403 g/mol. The number of carbonyl (C=O) groups is 2. The quantitative estimate of drug-likeness (QED) is 0.780. The molecule has 2 aliphatic heterocycles. The molecule has 9 heteroatoms. The van der Waals surface area contributed by atoms with Gasteiger partial charge >= 0.3 is 0 Å². The predicted octanol–water partition coefficient (Wildman–Crippen LogP) is 1.95. The lowest BCUT2D eigenvalue weighted by molar-refractivity contribution is -0.143. The standard InChI is InChI=1S/C22H27FN4O4/c1-16-14-19(25-31-16)24-20(28)15-26-8-10-27(11-9-26)21(29)22(6-12-30-13-7-22)17-2-4-18(23)5-3-17/h2-5,14H,6-13,15H2,1H3,(H,24,25,28). The molecule has 2 aromatic rings. The van der Waals surface area contributed by atoms with Gasteiger partial charge in [0.2, 0.25) is 11.8 Å². The maximum Gasteiger partial charge on any atom is 0.239 e.